The molecule has 2 aromatic rings. The van der Waals surface area contributed by atoms with Crippen molar-refractivity contribution >= 4 is 27.3 Å². The molecule has 0 aliphatic carbocycles. The fraction of sp³-hybridized carbons (Fsp3) is 0.100. The van der Waals surface area contributed by atoms with E-state index in [0.29, 0.717) is 4.47 Å². The Morgan fingerprint density at radius 1 is 1.24 bits per heavy atom. The fourth-order valence-electron chi connectivity index (χ4n) is 1.19. The Hall–Kier alpha value is -0.950. The molecule has 17 heavy (non-hydrogen) atoms. The summed E-state index contributed by atoms with van der Waals surface area (Å²) in [5.41, 5.74) is -0.947. The Labute approximate surface area is 106 Å². The lowest BCUT2D eigenvalue weighted by Crippen LogP contribution is -2.04. The van der Waals surface area contributed by atoms with Gasteiger partial charge in [0.2, 0.25) is 0 Å². The molecule has 2 rings (SSSR count). The summed E-state index contributed by atoms with van der Waals surface area (Å²) in [6.45, 7) is 0. The van der Waals surface area contributed by atoms with Gasteiger partial charge in [0, 0.05) is 15.4 Å². The van der Waals surface area contributed by atoms with Crippen LogP contribution in [0.3, 0.4) is 0 Å². The van der Waals surface area contributed by atoms with Gasteiger partial charge in [0.1, 0.15) is 10.8 Å². The summed E-state index contributed by atoms with van der Waals surface area (Å²) in [6, 6.07) is 4.04. The largest absolute Gasteiger partial charge is 0.434 e. The van der Waals surface area contributed by atoms with Crippen LogP contribution < -0.4 is 0 Å². The van der Waals surface area contributed by atoms with Crippen LogP contribution in [0.4, 0.5) is 17.6 Å². The van der Waals surface area contributed by atoms with E-state index >= 15 is 0 Å². The van der Waals surface area contributed by atoms with Gasteiger partial charge in [0.25, 0.3) is 0 Å². The van der Waals surface area contributed by atoms with E-state index in [0.717, 1.165) is 16.7 Å². The third-order valence-electron chi connectivity index (χ3n) is 1.95. The zero-order chi connectivity index (χ0) is 12.6. The maximum atomic E-state index is 13.4. The lowest BCUT2D eigenvalue weighted by molar-refractivity contribution is -0.140. The maximum absolute atomic E-state index is 13.4. The summed E-state index contributed by atoms with van der Waals surface area (Å²) in [5, 5.41) is 0.881. The second kappa shape index (κ2) is 4.38. The van der Waals surface area contributed by atoms with Crippen molar-refractivity contribution in [1.29, 1.82) is 0 Å². The number of halogens is 5. The molecule has 0 N–H and O–H groups in total. The van der Waals surface area contributed by atoms with Crippen molar-refractivity contribution in [2.75, 3.05) is 0 Å². The lowest BCUT2D eigenvalue weighted by atomic mass is 10.2. The standard InChI is InChI=1S/C10H4BrF4NS/c11-5-1-2-7(12)6(3-5)9-16-8(4-17-9)10(13,14)15/h1-4H. The molecule has 0 unspecified atom stereocenters. The molecule has 90 valence electrons. The summed E-state index contributed by atoms with van der Waals surface area (Å²) < 4.78 is 51.0. The van der Waals surface area contributed by atoms with E-state index in [9.17, 15) is 17.6 Å². The molecule has 0 saturated carbocycles. The van der Waals surface area contributed by atoms with Crippen LogP contribution in [-0.4, -0.2) is 4.98 Å². The second-order valence-electron chi connectivity index (χ2n) is 3.16. The third-order valence-corrected chi connectivity index (χ3v) is 3.32. The first-order chi connectivity index (χ1) is 7.88. The van der Waals surface area contributed by atoms with Crippen molar-refractivity contribution < 1.29 is 17.6 Å². The first kappa shape index (κ1) is 12.5. The van der Waals surface area contributed by atoms with E-state index in [1.54, 1.807) is 0 Å². The van der Waals surface area contributed by atoms with Gasteiger partial charge < -0.3 is 0 Å². The predicted molar refractivity (Wildman–Crippen MR) is 60.2 cm³/mol. The van der Waals surface area contributed by atoms with Gasteiger partial charge in [-0.3, -0.25) is 0 Å². The van der Waals surface area contributed by atoms with Crippen molar-refractivity contribution in [1.82, 2.24) is 4.98 Å². The molecule has 0 saturated heterocycles. The maximum Gasteiger partial charge on any atom is 0.434 e. The monoisotopic (exact) mass is 325 g/mol. The molecule has 1 nitrogen and oxygen atoms in total. The van der Waals surface area contributed by atoms with Crippen LogP contribution in [-0.2, 0) is 6.18 Å². The van der Waals surface area contributed by atoms with Gasteiger partial charge in [-0.2, -0.15) is 13.2 Å². The van der Waals surface area contributed by atoms with Crippen LogP contribution in [0.1, 0.15) is 5.69 Å². The first-order valence-electron chi connectivity index (χ1n) is 4.36. The van der Waals surface area contributed by atoms with Crippen LogP contribution in [0.15, 0.2) is 28.1 Å². The topological polar surface area (TPSA) is 12.9 Å². The Balaban J connectivity index is 2.47. The average Bonchev–Trinajstić information content (AvgIpc) is 2.70. The van der Waals surface area contributed by atoms with Gasteiger partial charge in [-0.15, -0.1) is 11.3 Å². The molecule has 0 aliphatic heterocycles. The number of hydrogen-bond donors (Lipinski definition) is 0. The quantitative estimate of drug-likeness (QED) is 0.691. The van der Waals surface area contributed by atoms with E-state index in [1.165, 1.54) is 18.2 Å². The van der Waals surface area contributed by atoms with E-state index in [-0.39, 0.29) is 10.6 Å². The van der Waals surface area contributed by atoms with Crippen LogP contribution in [0.5, 0.6) is 0 Å². The molecule has 1 aromatic carbocycles. The number of nitrogens with zero attached hydrogens (tertiary/aromatic N) is 1. The van der Waals surface area contributed by atoms with E-state index < -0.39 is 17.7 Å². The zero-order valence-corrected chi connectivity index (χ0v) is 10.5. The van der Waals surface area contributed by atoms with Crippen molar-refractivity contribution in [3.63, 3.8) is 0 Å². The van der Waals surface area contributed by atoms with E-state index in [2.05, 4.69) is 20.9 Å². The van der Waals surface area contributed by atoms with Gasteiger partial charge in [-0.1, -0.05) is 15.9 Å². The minimum absolute atomic E-state index is 0.0103. The molecule has 1 heterocycles. The summed E-state index contributed by atoms with van der Waals surface area (Å²) in [7, 11) is 0. The zero-order valence-electron chi connectivity index (χ0n) is 8.05. The summed E-state index contributed by atoms with van der Waals surface area (Å²) in [4.78, 5) is 3.39. The van der Waals surface area contributed by atoms with Crippen LogP contribution in [0, 0.1) is 5.82 Å². The van der Waals surface area contributed by atoms with Crippen LogP contribution >= 0.6 is 27.3 Å². The van der Waals surface area contributed by atoms with E-state index in [1.807, 2.05) is 0 Å². The molecule has 0 atom stereocenters. The highest BCUT2D eigenvalue weighted by Crippen LogP contribution is 2.35. The van der Waals surface area contributed by atoms with Crippen molar-refractivity contribution in [2.24, 2.45) is 0 Å². The summed E-state index contributed by atoms with van der Waals surface area (Å²) in [6.07, 6.45) is -4.50. The van der Waals surface area contributed by atoms with Crippen molar-refractivity contribution in [3.05, 3.63) is 39.6 Å². The number of alkyl halides is 3. The van der Waals surface area contributed by atoms with Gasteiger partial charge in [0.05, 0.1) is 0 Å². The molecule has 0 aliphatic rings. The van der Waals surface area contributed by atoms with Crippen molar-refractivity contribution in [2.45, 2.75) is 6.18 Å². The molecular weight excluding hydrogens is 322 g/mol. The Morgan fingerprint density at radius 3 is 2.53 bits per heavy atom. The lowest BCUT2D eigenvalue weighted by Gasteiger charge is -2.01. The minimum atomic E-state index is -4.50. The van der Waals surface area contributed by atoms with Crippen molar-refractivity contribution in [3.8, 4) is 10.6 Å². The molecule has 7 heteroatoms. The summed E-state index contributed by atoms with van der Waals surface area (Å²) >= 11 is 3.89. The number of benzene rings is 1. The smallest absolute Gasteiger partial charge is 0.231 e. The number of aromatic nitrogens is 1. The molecule has 0 fully saturated rings. The third kappa shape index (κ3) is 2.66. The minimum Gasteiger partial charge on any atom is -0.231 e. The van der Waals surface area contributed by atoms with Gasteiger partial charge in [0.15, 0.2) is 5.69 Å². The number of rotatable bonds is 1. The Kier molecular flexibility index (Phi) is 3.22. The number of thiazole rings is 1. The second-order valence-corrected chi connectivity index (χ2v) is 4.93. The van der Waals surface area contributed by atoms with Crippen LogP contribution in [0.25, 0.3) is 10.6 Å². The average molecular weight is 326 g/mol. The molecule has 0 bridgehead atoms. The number of hydrogen-bond acceptors (Lipinski definition) is 2. The highest BCUT2D eigenvalue weighted by atomic mass is 79.9. The molecule has 0 spiro atoms. The van der Waals surface area contributed by atoms with E-state index in [4.69, 9.17) is 0 Å². The highest BCUT2D eigenvalue weighted by Gasteiger charge is 2.34. The Morgan fingerprint density at radius 2 is 1.94 bits per heavy atom. The normalized spacial score (nSPS) is 11.8. The fourth-order valence-corrected chi connectivity index (χ4v) is 2.39. The molecule has 0 amide bonds. The van der Waals surface area contributed by atoms with Crippen LogP contribution in [0.2, 0.25) is 0 Å². The Bertz CT molecular complexity index is 549. The molecule has 0 radical (unpaired) electrons. The summed E-state index contributed by atoms with van der Waals surface area (Å²) in [5.74, 6) is -0.601. The SMILES string of the molecule is Fc1ccc(Br)cc1-c1nc(C(F)(F)F)cs1. The van der Waals surface area contributed by atoms with Gasteiger partial charge in [-0.25, -0.2) is 9.37 Å². The van der Waals surface area contributed by atoms with Gasteiger partial charge >= 0.3 is 6.18 Å². The molecular formula is C10H4BrF4NS. The molecule has 1 aromatic heterocycles. The highest BCUT2D eigenvalue weighted by molar-refractivity contribution is 9.10. The predicted octanol–water partition coefficient (Wildman–Crippen LogP) is 4.73. The van der Waals surface area contributed by atoms with Gasteiger partial charge in [-0.05, 0) is 18.2 Å². The first-order valence-corrected chi connectivity index (χ1v) is 6.03.